The van der Waals surface area contributed by atoms with Gasteiger partial charge in [-0.05, 0) is 47.7 Å². The predicted molar refractivity (Wildman–Crippen MR) is 82.7 cm³/mol. The molecule has 0 saturated carbocycles. The van der Waals surface area contributed by atoms with Crippen molar-refractivity contribution in [3.05, 3.63) is 23.7 Å². The van der Waals surface area contributed by atoms with Gasteiger partial charge in [-0.15, -0.1) is 0 Å². The maximum absolute atomic E-state index is 5.61. The number of nitrogens with one attached hydrogen (secondary N) is 1. The third-order valence-electron chi connectivity index (χ3n) is 2.98. The smallest absolute Gasteiger partial charge is 0.122 e. The molecule has 0 amide bonds. The minimum atomic E-state index is 0.117. The minimum Gasteiger partial charge on any atom is -0.468 e. The first-order valence-corrected chi connectivity index (χ1v) is 7.38. The Morgan fingerprint density at radius 2 is 2.05 bits per heavy atom. The highest BCUT2D eigenvalue weighted by Gasteiger charge is 2.13. The molecule has 0 aliphatic rings. The van der Waals surface area contributed by atoms with E-state index in [2.05, 4.69) is 51.9 Å². The number of furan rings is 1. The summed E-state index contributed by atoms with van der Waals surface area (Å²) in [7, 11) is 2.09. The van der Waals surface area contributed by atoms with Gasteiger partial charge in [0, 0.05) is 24.2 Å². The van der Waals surface area contributed by atoms with Gasteiger partial charge in [0.05, 0.1) is 25.5 Å². The first-order valence-electron chi connectivity index (χ1n) is 7.38. The van der Waals surface area contributed by atoms with Crippen molar-refractivity contribution in [1.82, 2.24) is 10.2 Å². The zero-order chi connectivity index (χ0) is 15.2. The average Bonchev–Trinajstić information content (AvgIpc) is 2.72. The van der Waals surface area contributed by atoms with Gasteiger partial charge in [-0.25, -0.2) is 0 Å². The second-order valence-electron chi connectivity index (χ2n) is 6.63. The standard InChI is InChI=1S/C16H30N2O2/c1-13(2)19-10-8-18(6)12-15-14(7-9-20-15)11-17-16(3,4)5/h7,9,13,17H,8,10-12H2,1-6H3. The van der Waals surface area contributed by atoms with Gasteiger partial charge < -0.3 is 14.5 Å². The molecule has 1 heterocycles. The van der Waals surface area contributed by atoms with Crippen molar-refractivity contribution in [2.75, 3.05) is 20.2 Å². The summed E-state index contributed by atoms with van der Waals surface area (Å²) in [4.78, 5) is 2.22. The molecule has 1 aromatic rings. The van der Waals surface area contributed by atoms with Gasteiger partial charge >= 0.3 is 0 Å². The van der Waals surface area contributed by atoms with E-state index in [1.165, 1.54) is 5.56 Å². The van der Waals surface area contributed by atoms with Gasteiger partial charge in [-0.2, -0.15) is 0 Å². The van der Waals surface area contributed by atoms with Crippen molar-refractivity contribution < 1.29 is 9.15 Å². The normalized spacial score (nSPS) is 12.6. The van der Waals surface area contributed by atoms with Gasteiger partial charge in [-0.1, -0.05) is 0 Å². The summed E-state index contributed by atoms with van der Waals surface area (Å²) in [5, 5.41) is 3.49. The molecule has 1 N–H and O–H groups in total. The van der Waals surface area contributed by atoms with E-state index in [1.54, 1.807) is 6.26 Å². The molecule has 20 heavy (non-hydrogen) atoms. The summed E-state index contributed by atoms with van der Waals surface area (Å²) in [5.74, 6) is 1.04. The van der Waals surface area contributed by atoms with Gasteiger partial charge in [0.25, 0.3) is 0 Å². The summed E-state index contributed by atoms with van der Waals surface area (Å²) in [5.41, 5.74) is 1.35. The predicted octanol–water partition coefficient (Wildman–Crippen LogP) is 3.02. The van der Waals surface area contributed by atoms with Crippen molar-refractivity contribution in [3.8, 4) is 0 Å². The lowest BCUT2D eigenvalue weighted by atomic mass is 10.1. The third-order valence-corrected chi connectivity index (χ3v) is 2.98. The summed E-state index contributed by atoms with van der Waals surface area (Å²) >= 11 is 0. The lowest BCUT2D eigenvalue weighted by Crippen LogP contribution is -2.35. The van der Waals surface area contributed by atoms with Crippen molar-refractivity contribution >= 4 is 0 Å². The van der Waals surface area contributed by atoms with E-state index in [4.69, 9.17) is 9.15 Å². The molecule has 0 atom stereocenters. The van der Waals surface area contributed by atoms with Gasteiger partial charge in [0.2, 0.25) is 0 Å². The zero-order valence-electron chi connectivity index (χ0n) is 13.8. The van der Waals surface area contributed by atoms with E-state index < -0.39 is 0 Å². The summed E-state index contributed by atoms with van der Waals surface area (Å²) < 4.78 is 11.2. The number of rotatable bonds is 8. The van der Waals surface area contributed by atoms with Crippen molar-refractivity contribution in [3.63, 3.8) is 0 Å². The van der Waals surface area contributed by atoms with Crippen LogP contribution in [0.3, 0.4) is 0 Å². The molecule has 0 unspecified atom stereocenters. The molecule has 4 nitrogen and oxygen atoms in total. The fourth-order valence-electron chi connectivity index (χ4n) is 1.79. The Morgan fingerprint density at radius 3 is 2.65 bits per heavy atom. The first kappa shape index (κ1) is 17.2. The maximum Gasteiger partial charge on any atom is 0.122 e. The van der Waals surface area contributed by atoms with Crippen LogP contribution in [-0.4, -0.2) is 36.7 Å². The van der Waals surface area contributed by atoms with E-state index in [1.807, 2.05) is 6.07 Å². The van der Waals surface area contributed by atoms with E-state index in [0.717, 1.165) is 32.0 Å². The molecule has 0 bridgehead atoms. The van der Waals surface area contributed by atoms with Crippen molar-refractivity contribution in [1.29, 1.82) is 0 Å². The summed E-state index contributed by atoms with van der Waals surface area (Å²) in [6, 6.07) is 2.05. The van der Waals surface area contributed by atoms with Gasteiger partial charge in [-0.3, -0.25) is 4.90 Å². The quantitative estimate of drug-likeness (QED) is 0.795. The minimum absolute atomic E-state index is 0.117. The van der Waals surface area contributed by atoms with Crippen LogP contribution in [0.2, 0.25) is 0 Å². The average molecular weight is 282 g/mol. The van der Waals surface area contributed by atoms with Crippen LogP contribution in [0.1, 0.15) is 45.9 Å². The summed E-state index contributed by atoms with van der Waals surface area (Å²) in [6.45, 7) is 13.9. The molecule has 1 rings (SSSR count). The Morgan fingerprint density at radius 1 is 1.35 bits per heavy atom. The van der Waals surface area contributed by atoms with Crippen molar-refractivity contribution in [2.24, 2.45) is 0 Å². The van der Waals surface area contributed by atoms with Gasteiger partial charge in [0.15, 0.2) is 0 Å². The monoisotopic (exact) mass is 282 g/mol. The fraction of sp³-hybridized carbons (Fsp3) is 0.750. The van der Waals surface area contributed by atoms with Crippen LogP contribution in [0.5, 0.6) is 0 Å². The summed E-state index contributed by atoms with van der Waals surface area (Å²) in [6.07, 6.45) is 2.06. The number of hydrogen-bond acceptors (Lipinski definition) is 4. The lowest BCUT2D eigenvalue weighted by molar-refractivity contribution is 0.0616. The third kappa shape index (κ3) is 7.08. The highest BCUT2D eigenvalue weighted by molar-refractivity contribution is 5.17. The van der Waals surface area contributed by atoms with E-state index >= 15 is 0 Å². The molecule has 116 valence electrons. The van der Waals surface area contributed by atoms with Crippen LogP contribution in [-0.2, 0) is 17.8 Å². The van der Waals surface area contributed by atoms with Crippen LogP contribution in [0.15, 0.2) is 16.7 Å². The molecule has 0 spiro atoms. The molecular weight excluding hydrogens is 252 g/mol. The lowest BCUT2D eigenvalue weighted by Gasteiger charge is -2.21. The highest BCUT2D eigenvalue weighted by Crippen LogP contribution is 2.14. The Bertz CT molecular complexity index is 380. The van der Waals surface area contributed by atoms with E-state index in [0.29, 0.717) is 6.10 Å². The zero-order valence-corrected chi connectivity index (χ0v) is 13.8. The van der Waals surface area contributed by atoms with Gasteiger partial charge in [0.1, 0.15) is 5.76 Å². The SMILES string of the molecule is CC(C)OCCN(C)Cc1occc1CNC(C)(C)C. The number of likely N-dealkylation sites (N-methyl/N-ethyl adjacent to an activating group) is 1. The molecule has 1 aromatic heterocycles. The maximum atomic E-state index is 5.61. The molecule has 0 aliphatic heterocycles. The molecule has 4 heteroatoms. The molecule has 0 radical (unpaired) electrons. The highest BCUT2D eigenvalue weighted by atomic mass is 16.5. The fourth-order valence-corrected chi connectivity index (χ4v) is 1.79. The Kier molecular flexibility index (Phi) is 6.72. The first-order chi connectivity index (χ1) is 9.28. The Labute approximate surface area is 123 Å². The second kappa shape index (κ2) is 7.81. The van der Waals surface area contributed by atoms with E-state index in [-0.39, 0.29) is 5.54 Å². The topological polar surface area (TPSA) is 37.6 Å². The second-order valence-corrected chi connectivity index (χ2v) is 6.63. The molecule has 0 fully saturated rings. The largest absolute Gasteiger partial charge is 0.468 e. The molecule has 0 saturated heterocycles. The molecule has 0 aromatic carbocycles. The van der Waals surface area contributed by atoms with Crippen LogP contribution >= 0.6 is 0 Å². The Balaban J connectivity index is 2.41. The van der Waals surface area contributed by atoms with Crippen LogP contribution in [0, 0.1) is 0 Å². The van der Waals surface area contributed by atoms with Crippen LogP contribution in [0.25, 0.3) is 0 Å². The molecule has 0 aliphatic carbocycles. The number of hydrogen-bond donors (Lipinski definition) is 1. The number of ether oxygens (including phenoxy) is 1. The van der Waals surface area contributed by atoms with Crippen LogP contribution in [0.4, 0.5) is 0 Å². The Hall–Kier alpha value is -0.840. The van der Waals surface area contributed by atoms with E-state index in [9.17, 15) is 0 Å². The molecular formula is C16H30N2O2. The number of nitrogens with zero attached hydrogens (tertiary/aromatic N) is 1. The van der Waals surface area contributed by atoms with Crippen LogP contribution < -0.4 is 5.32 Å². The van der Waals surface area contributed by atoms with Crippen molar-refractivity contribution in [2.45, 2.75) is 59.4 Å².